The number of aromatic nitrogens is 3. The number of aliphatic hydroxyl groups excluding tert-OH is 1. The van der Waals surface area contributed by atoms with Crippen LogP contribution >= 0.6 is 11.3 Å². The predicted molar refractivity (Wildman–Crippen MR) is 122 cm³/mol. The van der Waals surface area contributed by atoms with Crippen LogP contribution in [0.1, 0.15) is 40.0 Å². The molecule has 2 aliphatic heterocycles. The zero-order chi connectivity index (χ0) is 25.2. The van der Waals surface area contributed by atoms with Crippen LogP contribution in [0.2, 0.25) is 0 Å². The van der Waals surface area contributed by atoms with Crippen LogP contribution in [0.5, 0.6) is 0 Å². The summed E-state index contributed by atoms with van der Waals surface area (Å²) in [6.07, 6.45) is 4.08. The molecule has 0 aromatic carbocycles. The second-order valence-electron chi connectivity index (χ2n) is 8.72. The van der Waals surface area contributed by atoms with E-state index in [2.05, 4.69) is 4.98 Å². The zero-order valence-corrected chi connectivity index (χ0v) is 19.7. The molecule has 0 radical (unpaired) electrons. The van der Waals surface area contributed by atoms with E-state index >= 15 is 0 Å². The van der Waals surface area contributed by atoms with Gasteiger partial charge in [-0.15, -0.1) is 11.3 Å². The second-order valence-corrected chi connectivity index (χ2v) is 9.72. The van der Waals surface area contributed by atoms with Crippen LogP contribution in [-0.2, 0) is 20.9 Å². The first kappa shape index (κ1) is 22.9. The van der Waals surface area contributed by atoms with Gasteiger partial charge in [0, 0.05) is 17.3 Å². The number of nitrogens with two attached hydrogens (primary N) is 1. The zero-order valence-electron chi connectivity index (χ0n) is 18.8. The first-order chi connectivity index (χ1) is 16.6. The Kier molecular flexibility index (Phi) is 5.29. The number of aliphatic carboxylic acids is 1. The lowest BCUT2D eigenvalue weighted by Gasteiger charge is -2.44. The van der Waals surface area contributed by atoms with Crippen molar-refractivity contribution in [3.8, 4) is 0 Å². The number of ketones is 1. The Morgan fingerprint density at radius 3 is 2.77 bits per heavy atom. The molecule has 35 heavy (non-hydrogen) atoms. The number of carboxylic acid groups (broad SMARTS) is 1. The van der Waals surface area contributed by atoms with Crippen LogP contribution in [0.4, 0.5) is 0 Å². The highest BCUT2D eigenvalue weighted by Crippen LogP contribution is 2.49. The lowest BCUT2D eigenvalue weighted by molar-refractivity contribution is -0.684. The molecule has 0 aliphatic carbocycles. The number of carboxylic acids is 1. The van der Waals surface area contributed by atoms with Crippen LogP contribution in [0.15, 0.2) is 36.6 Å². The molecule has 0 bridgehead atoms. The fourth-order valence-electron chi connectivity index (χ4n) is 4.93. The number of primary amides is 1. The third kappa shape index (κ3) is 3.44. The number of imidazole rings is 1. The summed E-state index contributed by atoms with van der Waals surface area (Å²) >= 11 is 1.23. The molecule has 2 aliphatic rings. The minimum atomic E-state index is -1.21. The second kappa shape index (κ2) is 8.10. The van der Waals surface area contributed by atoms with Gasteiger partial charge in [0.1, 0.15) is 22.5 Å². The summed E-state index contributed by atoms with van der Waals surface area (Å²) < 4.78 is 3.24. The maximum absolute atomic E-state index is 13.3. The Balaban J connectivity index is 1.56. The monoisotopic (exact) mass is 496 g/mol. The topological polar surface area (TPSA) is 159 Å². The van der Waals surface area contributed by atoms with Crippen molar-refractivity contribution in [2.75, 3.05) is 0 Å². The van der Waals surface area contributed by atoms with Gasteiger partial charge in [0.2, 0.25) is 18.2 Å². The molecule has 3 aromatic rings. The van der Waals surface area contributed by atoms with Crippen molar-refractivity contribution in [2.45, 2.75) is 39.0 Å². The molecule has 2 amide bonds. The lowest BCUT2D eigenvalue weighted by atomic mass is 9.83. The number of nitrogens with zero attached hydrogens (tertiary/aromatic N) is 4. The summed E-state index contributed by atoms with van der Waals surface area (Å²) in [7, 11) is 0. The SMILES string of the molecule is Cc1c(C2=C(C(=O)O)N3C(=O)[C@H]([C@@H](C)O)C3C2)sc2c(C(=O)c3ccc[n+](CC(N)=O)c3)ncn12. The van der Waals surface area contributed by atoms with Crippen LogP contribution in [0, 0.1) is 12.8 Å². The molecular weight excluding hydrogens is 474 g/mol. The number of rotatable bonds is 7. The Morgan fingerprint density at radius 2 is 2.11 bits per heavy atom. The molecule has 0 spiro atoms. The molecule has 180 valence electrons. The number of hydrogen-bond acceptors (Lipinski definition) is 7. The molecule has 3 atom stereocenters. The van der Waals surface area contributed by atoms with E-state index in [9.17, 15) is 29.4 Å². The number of amides is 2. The van der Waals surface area contributed by atoms with Gasteiger partial charge in [-0.25, -0.2) is 9.78 Å². The van der Waals surface area contributed by atoms with Crippen molar-refractivity contribution in [2.24, 2.45) is 11.7 Å². The van der Waals surface area contributed by atoms with E-state index in [0.29, 0.717) is 33.0 Å². The summed E-state index contributed by atoms with van der Waals surface area (Å²) in [5, 5.41) is 19.9. The van der Waals surface area contributed by atoms with Crippen LogP contribution < -0.4 is 10.3 Å². The number of thiazole rings is 1. The third-order valence-corrected chi connectivity index (χ3v) is 7.82. The number of pyridine rings is 1. The maximum Gasteiger partial charge on any atom is 0.352 e. The number of aryl methyl sites for hydroxylation is 1. The molecule has 11 nitrogen and oxygen atoms in total. The number of aliphatic hydroxyl groups is 1. The fourth-order valence-corrected chi connectivity index (χ4v) is 6.20. The number of carbonyl (C=O) groups is 4. The largest absolute Gasteiger partial charge is 0.477 e. The Labute approximate surface area is 202 Å². The van der Waals surface area contributed by atoms with Gasteiger partial charge in [-0.2, -0.15) is 4.57 Å². The number of hydrogen-bond donors (Lipinski definition) is 3. The van der Waals surface area contributed by atoms with E-state index in [1.807, 2.05) is 0 Å². The summed E-state index contributed by atoms with van der Waals surface area (Å²) in [6, 6.07) is 2.84. The first-order valence-corrected chi connectivity index (χ1v) is 11.7. The van der Waals surface area contributed by atoms with Gasteiger partial charge in [-0.05, 0) is 26.3 Å². The summed E-state index contributed by atoms with van der Waals surface area (Å²) in [5.41, 5.74) is 6.88. The van der Waals surface area contributed by atoms with E-state index < -0.39 is 35.8 Å². The fraction of sp³-hybridized carbons (Fsp3) is 0.304. The van der Waals surface area contributed by atoms with Crippen LogP contribution in [-0.4, -0.2) is 60.2 Å². The van der Waals surface area contributed by atoms with Gasteiger partial charge in [0.05, 0.1) is 28.5 Å². The van der Waals surface area contributed by atoms with Crippen molar-refractivity contribution in [3.05, 3.63) is 58.4 Å². The van der Waals surface area contributed by atoms with Crippen LogP contribution in [0.3, 0.4) is 0 Å². The normalized spacial score (nSPS) is 20.2. The summed E-state index contributed by atoms with van der Waals surface area (Å²) in [4.78, 5) is 55.9. The molecular formula is C23H22N5O6S+. The quantitative estimate of drug-likeness (QED) is 0.238. The maximum atomic E-state index is 13.3. The molecule has 1 fully saturated rings. The molecule has 5 heterocycles. The lowest BCUT2D eigenvalue weighted by Crippen LogP contribution is -2.61. The number of β-lactam (4-membered cyclic amide) rings is 1. The summed E-state index contributed by atoms with van der Waals surface area (Å²) in [6.45, 7) is 3.26. The van der Waals surface area contributed by atoms with Gasteiger partial charge in [0.25, 0.3) is 5.91 Å². The van der Waals surface area contributed by atoms with Gasteiger partial charge in [-0.3, -0.25) is 18.8 Å². The summed E-state index contributed by atoms with van der Waals surface area (Å²) in [5.74, 6) is -3.15. The van der Waals surface area contributed by atoms with Gasteiger partial charge >= 0.3 is 5.97 Å². The average Bonchev–Trinajstić information content (AvgIpc) is 3.44. The van der Waals surface area contributed by atoms with Gasteiger partial charge in [-0.1, -0.05) is 0 Å². The Hall–Kier alpha value is -3.90. The average molecular weight is 497 g/mol. The van der Waals surface area contributed by atoms with Crippen molar-refractivity contribution >= 4 is 45.3 Å². The molecule has 4 N–H and O–H groups in total. The Morgan fingerprint density at radius 1 is 1.37 bits per heavy atom. The number of carbonyl (C=O) groups excluding carboxylic acids is 3. The number of fused-ring (bicyclic) bond motifs is 2. The van der Waals surface area contributed by atoms with Crippen molar-refractivity contribution < 1.29 is 34.0 Å². The van der Waals surface area contributed by atoms with Gasteiger partial charge < -0.3 is 20.8 Å². The first-order valence-electron chi connectivity index (χ1n) is 10.9. The van der Waals surface area contributed by atoms with Crippen molar-refractivity contribution in [1.29, 1.82) is 0 Å². The van der Waals surface area contributed by atoms with Crippen molar-refractivity contribution in [1.82, 2.24) is 14.3 Å². The molecule has 3 aromatic heterocycles. The standard InChI is InChI=1S/C23H21N5O6S/c1-10-20(13-6-14-16(11(2)29)21(32)28(14)18(13)23(33)34)35-22-17(25-9-27(10)22)19(31)12-4-3-5-26(7-12)8-15(24)30/h3-5,7,9,11,14,16,29H,6,8H2,1-2H3,(H2-,24,30,33,34)/p+1/t11-,14?,16-/m1/s1. The highest BCUT2D eigenvalue weighted by molar-refractivity contribution is 7.19. The molecule has 0 saturated carbocycles. The smallest absolute Gasteiger partial charge is 0.352 e. The predicted octanol–water partition coefficient (Wildman–Crippen LogP) is 0.115. The third-order valence-electron chi connectivity index (χ3n) is 6.49. The van der Waals surface area contributed by atoms with Gasteiger partial charge in [0.15, 0.2) is 12.4 Å². The van der Waals surface area contributed by atoms with E-state index in [1.165, 1.54) is 40.3 Å². The van der Waals surface area contributed by atoms with E-state index in [0.717, 1.165) is 0 Å². The molecule has 12 heteroatoms. The van der Waals surface area contributed by atoms with E-state index in [1.54, 1.807) is 29.7 Å². The highest BCUT2D eigenvalue weighted by atomic mass is 32.1. The molecule has 5 rings (SSSR count). The van der Waals surface area contributed by atoms with Crippen LogP contribution in [0.25, 0.3) is 10.4 Å². The minimum absolute atomic E-state index is 0.0715. The Bertz CT molecular complexity index is 1470. The molecule has 1 unspecified atom stereocenters. The van der Waals surface area contributed by atoms with E-state index in [-0.39, 0.29) is 23.7 Å². The van der Waals surface area contributed by atoms with Crippen molar-refractivity contribution in [3.63, 3.8) is 0 Å². The highest BCUT2D eigenvalue weighted by Gasteiger charge is 2.57. The minimum Gasteiger partial charge on any atom is -0.477 e. The molecule has 1 saturated heterocycles. The van der Waals surface area contributed by atoms with E-state index in [4.69, 9.17) is 5.73 Å².